The van der Waals surface area contributed by atoms with Crippen LogP contribution in [0.5, 0.6) is 0 Å². The minimum atomic E-state index is 0.602. The van der Waals surface area contributed by atoms with E-state index in [9.17, 15) is 5.26 Å². The summed E-state index contributed by atoms with van der Waals surface area (Å²) in [6.45, 7) is 7.81. The minimum Gasteiger partial charge on any atom is -0.310 e. The van der Waals surface area contributed by atoms with Crippen LogP contribution in [0.3, 0.4) is 0 Å². The molecule has 0 unspecified atom stereocenters. The Hall–Kier alpha value is -6.88. The smallest absolute Gasteiger partial charge is 0.189 e. The summed E-state index contributed by atoms with van der Waals surface area (Å²) in [7, 11) is 0. The Morgan fingerprint density at radius 2 is 1.06 bits per heavy atom. The molecule has 0 aliphatic heterocycles. The van der Waals surface area contributed by atoms with Crippen LogP contribution in [0.4, 0.5) is 5.69 Å². The molecule has 0 fully saturated rings. The standard InChI is InChI=1S/C44H26N4/c1-46-33-21-23-35(44(27-33)48-41-18-6-3-14-36(41)37-15-4-7-19-42(37)48)32-12-8-10-30(25-32)31-11-9-13-34(26-31)47-40-17-5-2-16-38(40)39-22-20-29(28-45)24-43(39)47/h2-27H. The maximum absolute atomic E-state index is 9.68. The van der Waals surface area contributed by atoms with Gasteiger partial charge in [0.05, 0.1) is 40.3 Å². The summed E-state index contributed by atoms with van der Waals surface area (Å²) < 4.78 is 4.54. The van der Waals surface area contributed by atoms with Crippen LogP contribution in [0.1, 0.15) is 5.56 Å². The molecule has 9 rings (SSSR count). The fraction of sp³-hybridized carbons (Fsp3) is 0. The zero-order valence-electron chi connectivity index (χ0n) is 25.8. The number of para-hydroxylation sites is 3. The molecule has 0 saturated carbocycles. The number of hydrogen-bond donors (Lipinski definition) is 0. The molecule has 2 heterocycles. The van der Waals surface area contributed by atoms with Gasteiger partial charge in [-0.3, -0.25) is 0 Å². The first-order valence-corrected chi connectivity index (χ1v) is 15.9. The average Bonchev–Trinajstić information content (AvgIpc) is 3.67. The highest BCUT2D eigenvalue weighted by atomic mass is 15.0. The van der Waals surface area contributed by atoms with Gasteiger partial charge in [0.25, 0.3) is 0 Å². The first kappa shape index (κ1) is 27.4. The molecule has 0 bridgehead atoms. The van der Waals surface area contributed by atoms with Crippen LogP contribution in [-0.2, 0) is 0 Å². The lowest BCUT2D eigenvalue weighted by atomic mass is 9.97. The molecular formula is C44H26N4. The molecule has 0 saturated heterocycles. The van der Waals surface area contributed by atoms with Gasteiger partial charge in [-0.15, -0.1) is 0 Å². The van der Waals surface area contributed by atoms with E-state index >= 15 is 0 Å². The Balaban J connectivity index is 1.22. The maximum Gasteiger partial charge on any atom is 0.189 e. The van der Waals surface area contributed by atoms with Crippen LogP contribution >= 0.6 is 0 Å². The fourth-order valence-corrected chi connectivity index (χ4v) is 7.21. The van der Waals surface area contributed by atoms with E-state index in [0.29, 0.717) is 11.3 Å². The van der Waals surface area contributed by atoms with E-state index in [1.807, 2.05) is 30.3 Å². The highest BCUT2D eigenvalue weighted by Crippen LogP contribution is 2.39. The van der Waals surface area contributed by atoms with E-state index in [2.05, 4.69) is 147 Å². The predicted octanol–water partition coefficient (Wildman–Crippen LogP) is 11.6. The number of nitriles is 1. The van der Waals surface area contributed by atoms with Gasteiger partial charge in [-0.25, -0.2) is 4.85 Å². The molecule has 48 heavy (non-hydrogen) atoms. The average molecular weight is 611 g/mol. The molecule has 0 atom stereocenters. The van der Waals surface area contributed by atoms with Crippen molar-refractivity contribution in [2.45, 2.75) is 0 Å². The second-order valence-corrected chi connectivity index (χ2v) is 12.0. The number of benzene rings is 7. The van der Waals surface area contributed by atoms with Crippen LogP contribution in [-0.4, -0.2) is 9.13 Å². The zero-order valence-corrected chi connectivity index (χ0v) is 25.8. The van der Waals surface area contributed by atoms with Crippen molar-refractivity contribution < 1.29 is 0 Å². The van der Waals surface area contributed by atoms with Crippen molar-refractivity contribution in [2.75, 3.05) is 0 Å². The summed E-state index contributed by atoms with van der Waals surface area (Å²) in [4.78, 5) is 3.81. The van der Waals surface area contributed by atoms with Gasteiger partial charge in [0, 0.05) is 38.5 Å². The molecule has 4 nitrogen and oxygen atoms in total. The van der Waals surface area contributed by atoms with Gasteiger partial charge in [0.2, 0.25) is 0 Å². The van der Waals surface area contributed by atoms with E-state index < -0.39 is 0 Å². The molecule has 222 valence electrons. The third-order valence-electron chi connectivity index (χ3n) is 9.35. The Bertz CT molecular complexity index is 2760. The monoisotopic (exact) mass is 610 g/mol. The van der Waals surface area contributed by atoms with Gasteiger partial charge >= 0.3 is 0 Å². The maximum atomic E-state index is 9.68. The van der Waals surface area contributed by atoms with Crippen molar-refractivity contribution in [3.63, 3.8) is 0 Å². The lowest BCUT2D eigenvalue weighted by Gasteiger charge is -2.16. The topological polar surface area (TPSA) is 38.0 Å². The summed E-state index contributed by atoms with van der Waals surface area (Å²) in [5, 5.41) is 14.3. The molecular weight excluding hydrogens is 585 g/mol. The van der Waals surface area contributed by atoms with E-state index in [-0.39, 0.29) is 0 Å². The molecule has 0 amide bonds. The predicted molar refractivity (Wildman–Crippen MR) is 197 cm³/mol. The Morgan fingerprint density at radius 3 is 1.73 bits per heavy atom. The van der Waals surface area contributed by atoms with Gasteiger partial charge < -0.3 is 9.13 Å². The van der Waals surface area contributed by atoms with Crippen molar-refractivity contribution in [2.24, 2.45) is 0 Å². The first-order chi connectivity index (χ1) is 23.7. The van der Waals surface area contributed by atoms with Crippen molar-refractivity contribution in [3.05, 3.63) is 175 Å². The van der Waals surface area contributed by atoms with Gasteiger partial charge in [-0.05, 0) is 71.3 Å². The van der Waals surface area contributed by atoms with Gasteiger partial charge in [-0.1, -0.05) is 103 Å². The lowest BCUT2D eigenvalue weighted by molar-refractivity contribution is 1.18. The molecule has 0 aliphatic rings. The summed E-state index contributed by atoms with van der Waals surface area (Å²) in [6.07, 6.45) is 0. The molecule has 9 aromatic rings. The molecule has 0 aliphatic carbocycles. The van der Waals surface area contributed by atoms with Crippen molar-refractivity contribution >= 4 is 49.3 Å². The largest absolute Gasteiger partial charge is 0.310 e. The lowest BCUT2D eigenvalue weighted by Crippen LogP contribution is -1.97. The van der Waals surface area contributed by atoms with Crippen molar-refractivity contribution in [1.82, 2.24) is 9.13 Å². The van der Waals surface area contributed by atoms with Crippen molar-refractivity contribution in [3.8, 4) is 39.7 Å². The number of rotatable bonds is 4. The molecule has 7 aromatic carbocycles. The number of nitrogens with zero attached hydrogens (tertiary/aromatic N) is 4. The molecule has 0 spiro atoms. The Kier molecular flexibility index (Phi) is 6.22. The van der Waals surface area contributed by atoms with E-state index in [4.69, 9.17) is 6.57 Å². The number of hydrogen-bond acceptors (Lipinski definition) is 1. The van der Waals surface area contributed by atoms with Crippen LogP contribution in [0.15, 0.2) is 158 Å². The normalized spacial score (nSPS) is 11.3. The SMILES string of the molecule is [C-]#[N+]c1ccc(-c2cccc(-c3cccc(-n4c5ccccc5c5ccc(C#N)cc54)c3)c2)c(-n2c3ccccc3c3ccccc32)c1. The third-order valence-corrected chi connectivity index (χ3v) is 9.35. The van der Waals surface area contributed by atoms with Gasteiger partial charge in [0.1, 0.15) is 0 Å². The van der Waals surface area contributed by atoms with Crippen LogP contribution < -0.4 is 0 Å². The highest BCUT2D eigenvalue weighted by molar-refractivity contribution is 6.11. The van der Waals surface area contributed by atoms with E-state index in [0.717, 1.165) is 66.5 Å². The summed E-state index contributed by atoms with van der Waals surface area (Å²) in [6, 6.07) is 56.8. The number of aromatic nitrogens is 2. The highest BCUT2D eigenvalue weighted by Gasteiger charge is 2.17. The van der Waals surface area contributed by atoms with Crippen LogP contribution in [0, 0.1) is 17.9 Å². The first-order valence-electron chi connectivity index (χ1n) is 15.9. The van der Waals surface area contributed by atoms with E-state index in [1.165, 1.54) is 10.8 Å². The van der Waals surface area contributed by atoms with E-state index in [1.54, 1.807) is 0 Å². The minimum absolute atomic E-state index is 0.602. The summed E-state index contributed by atoms with van der Waals surface area (Å²) >= 11 is 0. The summed E-state index contributed by atoms with van der Waals surface area (Å²) in [5.74, 6) is 0. The second-order valence-electron chi connectivity index (χ2n) is 12.0. The van der Waals surface area contributed by atoms with Gasteiger partial charge in [-0.2, -0.15) is 5.26 Å². The van der Waals surface area contributed by atoms with Crippen LogP contribution in [0.25, 0.3) is 82.1 Å². The molecule has 2 aromatic heterocycles. The Morgan fingerprint density at radius 1 is 0.479 bits per heavy atom. The molecule has 0 radical (unpaired) electrons. The summed E-state index contributed by atoms with van der Waals surface area (Å²) in [5.41, 5.74) is 11.9. The quantitative estimate of drug-likeness (QED) is 0.183. The second kappa shape index (κ2) is 10.9. The zero-order chi connectivity index (χ0) is 32.2. The third kappa shape index (κ3) is 4.22. The molecule has 4 heteroatoms. The van der Waals surface area contributed by atoms with Crippen LogP contribution in [0.2, 0.25) is 0 Å². The number of fused-ring (bicyclic) bond motifs is 6. The Labute approximate surface area is 277 Å². The molecule has 0 N–H and O–H groups in total. The van der Waals surface area contributed by atoms with Gasteiger partial charge in [0.15, 0.2) is 5.69 Å². The fourth-order valence-electron chi connectivity index (χ4n) is 7.21. The van der Waals surface area contributed by atoms with Crippen molar-refractivity contribution in [1.29, 1.82) is 5.26 Å².